The fraction of sp³-hybridized carbons (Fsp3) is 1.00. The molecule has 0 spiro atoms. The lowest BCUT2D eigenvalue weighted by Crippen LogP contribution is -2.46. The van der Waals surface area contributed by atoms with Crippen molar-refractivity contribution >= 4 is 0 Å². The second-order valence-corrected chi connectivity index (χ2v) is 3.64. The van der Waals surface area contributed by atoms with Crippen molar-refractivity contribution < 1.29 is 25.5 Å². The summed E-state index contributed by atoms with van der Waals surface area (Å²) in [5, 5.41) is 46.1. The standard InChI is InChI=1S/C8H17NO5/c1-9-4(2-10)7(13)8(14)6(9)5(12)3-11/h4-8,10-14H,2-3H2,1H3/t4-,5-,6-,7-,8-/m1/s1. The minimum absolute atomic E-state index is 0.302. The maximum atomic E-state index is 9.56. The van der Waals surface area contributed by atoms with Gasteiger partial charge in [0.25, 0.3) is 0 Å². The molecule has 0 radical (unpaired) electrons. The zero-order chi connectivity index (χ0) is 10.9. The van der Waals surface area contributed by atoms with Gasteiger partial charge in [-0.05, 0) is 7.05 Å². The lowest BCUT2D eigenvalue weighted by atomic mass is 10.0. The van der Waals surface area contributed by atoms with E-state index in [1.165, 1.54) is 4.90 Å². The highest BCUT2D eigenvalue weighted by molar-refractivity contribution is 5.01. The van der Waals surface area contributed by atoms with E-state index >= 15 is 0 Å². The number of nitrogens with zero attached hydrogens (tertiary/aromatic N) is 1. The van der Waals surface area contributed by atoms with Gasteiger partial charge in [-0.25, -0.2) is 0 Å². The van der Waals surface area contributed by atoms with E-state index < -0.39 is 37.0 Å². The molecule has 1 heterocycles. The summed E-state index contributed by atoms with van der Waals surface area (Å²) in [5.74, 6) is 0. The van der Waals surface area contributed by atoms with E-state index in [-0.39, 0.29) is 6.61 Å². The van der Waals surface area contributed by atoms with E-state index in [1.54, 1.807) is 7.05 Å². The molecular formula is C8H17NO5. The first-order valence-corrected chi connectivity index (χ1v) is 4.52. The first-order valence-electron chi connectivity index (χ1n) is 4.52. The molecule has 5 atom stereocenters. The molecule has 1 fully saturated rings. The Balaban J connectivity index is 2.77. The average Bonchev–Trinajstić information content (AvgIpc) is 2.38. The Morgan fingerprint density at radius 3 is 2.14 bits per heavy atom. The van der Waals surface area contributed by atoms with Gasteiger partial charge in [-0.2, -0.15) is 0 Å². The number of hydrogen-bond donors (Lipinski definition) is 5. The molecule has 84 valence electrons. The molecule has 0 aromatic carbocycles. The van der Waals surface area contributed by atoms with Crippen molar-refractivity contribution in [1.29, 1.82) is 0 Å². The number of rotatable bonds is 3. The number of likely N-dealkylation sites (N-methyl/N-ethyl adjacent to an activating group) is 1. The highest BCUT2D eigenvalue weighted by Gasteiger charge is 2.48. The highest BCUT2D eigenvalue weighted by Crippen LogP contribution is 2.25. The van der Waals surface area contributed by atoms with Gasteiger partial charge >= 0.3 is 0 Å². The monoisotopic (exact) mass is 207 g/mol. The van der Waals surface area contributed by atoms with Crippen molar-refractivity contribution in [3.8, 4) is 0 Å². The second-order valence-electron chi connectivity index (χ2n) is 3.64. The van der Waals surface area contributed by atoms with Gasteiger partial charge in [-0.15, -0.1) is 0 Å². The van der Waals surface area contributed by atoms with Gasteiger partial charge in [0.05, 0.1) is 43.6 Å². The predicted octanol–water partition coefficient (Wildman–Crippen LogP) is -3.26. The molecule has 0 saturated carbocycles. The van der Waals surface area contributed by atoms with E-state index in [0.29, 0.717) is 0 Å². The SMILES string of the molecule is CN1[C@H]([C@H](O)CO)[C@@H](O)[C@H](O)[C@H]1CO. The Labute approximate surface area is 82.0 Å². The van der Waals surface area contributed by atoms with Gasteiger partial charge < -0.3 is 25.5 Å². The third-order valence-corrected chi connectivity index (χ3v) is 2.86. The van der Waals surface area contributed by atoms with Crippen LogP contribution in [0.25, 0.3) is 0 Å². The van der Waals surface area contributed by atoms with Gasteiger partial charge in [0.2, 0.25) is 0 Å². The number of hydrogen-bond acceptors (Lipinski definition) is 6. The van der Waals surface area contributed by atoms with E-state index in [0.717, 1.165) is 0 Å². The van der Waals surface area contributed by atoms with Gasteiger partial charge in [0, 0.05) is 0 Å². The molecule has 0 aromatic heterocycles. The Kier molecular flexibility index (Phi) is 3.82. The summed E-state index contributed by atoms with van der Waals surface area (Å²) < 4.78 is 0. The van der Waals surface area contributed by atoms with Crippen molar-refractivity contribution in [3.05, 3.63) is 0 Å². The number of likely N-dealkylation sites (tertiary alicyclic amines) is 1. The van der Waals surface area contributed by atoms with Crippen LogP contribution in [0.5, 0.6) is 0 Å². The minimum Gasteiger partial charge on any atom is -0.395 e. The van der Waals surface area contributed by atoms with Crippen LogP contribution in [0, 0.1) is 0 Å². The molecule has 1 aliphatic heterocycles. The summed E-state index contributed by atoms with van der Waals surface area (Å²) in [6.07, 6.45) is -3.38. The van der Waals surface area contributed by atoms with E-state index in [1.807, 2.05) is 0 Å². The van der Waals surface area contributed by atoms with Crippen LogP contribution in [-0.2, 0) is 0 Å². The number of aliphatic hydroxyl groups excluding tert-OH is 5. The molecule has 0 aliphatic carbocycles. The second kappa shape index (κ2) is 4.52. The van der Waals surface area contributed by atoms with Crippen LogP contribution in [0.3, 0.4) is 0 Å². The summed E-state index contributed by atoms with van der Waals surface area (Å²) in [7, 11) is 1.57. The first kappa shape index (κ1) is 11.8. The van der Waals surface area contributed by atoms with Crippen molar-refractivity contribution in [1.82, 2.24) is 4.90 Å². The van der Waals surface area contributed by atoms with Crippen LogP contribution >= 0.6 is 0 Å². The molecule has 5 N–H and O–H groups in total. The van der Waals surface area contributed by atoms with E-state index in [9.17, 15) is 15.3 Å². The molecule has 14 heavy (non-hydrogen) atoms. The number of aliphatic hydroxyl groups is 5. The third-order valence-electron chi connectivity index (χ3n) is 2.86. The summed E-state index contributed by atoms with van der Waals surface area (Å²) in [4.78, 5) is 1.48. The van der Waals surface area contributed by atoms with Crippen molar-refractivity contribution in [2.75, 3.05) is 20.3 Å². The van der Waals surface area contributed by atoms with Crippen molar-refractivity contribution in [2.45, 2.75) is 30.4 Å². The van der Waals surface area contributed by atoms with Crippen molar-refractivity contribution in [2.24, 2.45) is 0 Å². The normalized spacial score (nSPS) is 41.6. The molecule has 0 aromatic rings. The zero-order valence-electron chi connectivity index (χ0n) is 7.98. The summed E-state index contributed by atoms with van der Waals surface area (Å²) in [6.45, 7) is -0.791. The fourth-order valence-electron chi connectivity index (χ4n) is 1.98. The minimum atomic E-state index is -1.15. The molecule has 0 unspecified atom stereocenters. The molecule has 1 aliphatic rings. The molecule has 6 nitrogen and oxygen atoms in total. The zero-order valence-corrected chi connectivity index (χ0v) is 7.98. The van der Waals surface area contributed by atoms with Crippen molar-refractivity contribution in [3.63, 3.8) is 0 Å². The van der Waals surface area contributed by atoms with Gasteiger partial charge in [0.1, 0.15) is 0 Å². The first-order chi connectivity index (χ1) is 6.54. The lowest BCUT2D eigenvalue weighted by molar-refractivity contribution is -0.0261. The third kappa shape index (κ3) is 1.77. The van der Waals surface area contributed by atoms with Gasteiger partial charge in [-0.1, -0.05) is 0 Å². The smallest absolute Gasteiger partial charge is 0.0996 e. The predicted molar refractivity (Wildman–Crippen MR) is 47.5 cm³/mol. The van der Waals surface area contributed by atoms with Gasteiger partial charge in [-0.3, -0.25) is 4.90 Å². The molecule has 1 rings (SSSR count). The quantitative estimate of drug-likeness (QED) is 0.333. The Morgan fingerprint density at radius 1 is 1.21 bits per heavy atom. The van der Waals surface area contributed by atoms with Crippen LogP contribution in [-0.4, -0.2) is 81.1 Å². The van der Waals surface area contributed by atoms with Crippen LogP contribution < -0.4 is 0 Å². The highest BCUT2D eigenvalue weighted by atomic mass is 16.4. The fourth-order valence-corrected chi connectivity index (χ4v) is 1.98. The molecule has 6 heteroatoms. The van der Waals surface area contributed by atoms with Crippen LogP contribution in [0.15, 0.2) is 0 Å². The Hall–Kier alpha value is -0.240. The van der Waals surface area contributed by atoms with Gasteiger partial charge in [0.15, 0.2) is 0 Å². The van der Waals surface area contributed by atoms with E-state index in [4.69, 9.17) is 10.2 Å². The Morgan fingerprint density at radius 2 is 1.79 bits per heavy atom. The lowest BCUT2D eigenvalue weighted by Gasteiger charge is -2.27. The molecule has 0 amide bonds. The largest absolute Gasteiger partial charge is 0.395 e. The summed E-state index contributed by atoms with van der Waals surface area (Å²) >= 11 is 0. The topological polar surface area (TPSA) is 104 Å². The molecular weight excluding hydrogens is 190 g/mol. The molecule has 1 saturated heterocycles. The van der Waals surface area contributed by atoms with Crippen LogP contribution in [0.2, 0.25) is 0 Å². The maximum Gasteiger partial charge on any atom is 0.0996 e. The van der Waals surface area contributed by atoms with Crippen LogP contribution in [0.4, 0.5) is 0 Å². The van der Waals surface area contributed by atoms with E-state index in [2.05, 4.69) is 0 Å². The summed E-state index contributed by atoms with van der Waals surface area (Å²) in [5.41, 5.74) is 0. The Bertz CT molecular complexity index is 191. The summed E-state index contributed by atoms with van der Waals surface area (Å²) in [6, 6.07) is -1.34. The van der Waals surface area contributed by atoms with Crippen LogP contribution in [0.1, 0.15) is 0 Å². The maximum absolute atomic E-state index is 9.56. The molecule has 0 bridgehead atoms. The average molecular weight is 207 g/mol.